The molecule has 0 aliphatic carbocycles. The second-order valence-electron chi connectivity index (χ2n) is 6.24. The third kappa shape index (κ3) is 3.62. The number of benzene rings is 1. The molecule has 4 nitrogen and oxygen atoms in total. The molecule has 1 saturated heterocycles. The first kappa shape index (κ1) is 17.0. The van der Waals surface area contributed by atoms with Gasteiger partial charge in [-0.15, -0.1) is 0 Å². The van der Waals surface area contributed by atoms with E-state index >= 15 is 0 Å². The number of alkyl halides is 3. The maximum atomic E-state index is 12.9. The zero-order valence-electron chi connectivity index (χ0n) is 13.3. The van der Waals surface area contributed by atoms with Gasteiger partial charge in [-0.2, -0.15) is 13.2 Å². The van der Waals surface area contributed by atoms with Crippen molar-refractivity contribution in [3.8, 4) is 0 Å². The molecule has 0 spiro atoms. The Kier molecular flexibility index (Phi) is 4.40. The van der Waals surface area contributed by atoms with Crippen LogP contribution in [0.4, 0.5) is 13.2 Å². The first-order valence-electron chi connectivity index (χ1n) is 7.80. The number of aryl methyl sites for hydroxylation is 1. The standard InChI is InChI=1S/C17H19F3N2O2/c1-12-21-15(11-24-12)10-22-7-5-16(23,6-8-22)13-3-2-4-14(9-13)17(18,19)20/h2-4,9,11,23H,5-8,10H2,1H3. The van der Waals surface area contributed by atoms with Crippen molar-refractivity contribution in [2.45, 2.75) is 38.1 Å². The van der Waals surface area contributed by atoms with Gasteiger partial charge in [0, 0.05) is 26.6 Å². The second-order valence-corrected chi connectivity index (χ2v) is 6.24. The predicted octanol–water partition coefficient (Wildman–Crippen LogP) is 3.49. The maximum Gasteiger partial charge on any atom is 0.416 e. The fourth-order valence-electron chi connectivity index (χ4n) is 3.06. The molecular formula is C17H19F3N2O2. The quantitative estimate of drug-likeness (QED) is 0.929. The Balaban J connectivity index is 1.68. The van der Waals surface area contributed by atoms with Gasteiger partial charge in [0.15, 0.2) is 5.89 Å². The van der Waals surface area contributed by atoms with Crippen molar-refractivity contribution in [3.05, 3.63) is 53.2 Å². The molecule has 1 aliphatic heterocycles. The van der Waals surface area contributed by atoms with Crippen LogP contribution >= 0.6 is 0 Å². The summed E-state index contributed by atoms with van der Waals surface area (Å²) in [5.74, 6) is 0.600. The molecule has 0 radical (unpaired) electrons. The van der Waals surface area contributed by atoms with Gasteiger partial charge in [-0.05, 0) is 30.5 Å². The molecule has 0 unspecified atom stereocenters. The molecule has 1 fully saturated rings. The highest BCUT2D eigenvalue weighted by molar-refractivity contribution is 5.30. The number of rotatable bonds is 3. The van der Waals surface area contributed by atoms with Crippen molar-refractivity contribution in [1.82, 2.24) is 9.88 Å². The van der Waals surface area contributed by atoms with Crippen LogP contribution in [0.3, 0.4) is 0 Å². The monoisotopic (exact) mass is 340 g/mol. The Bertz CT molecular complexity index is 704. The molecule has 0 amide bonds. The van der Waals surface area contributed by atoms with Crippen molar-refractivity contribution >= 4 is 0 Å². The van der Waals surface area contributed by atoms with Crippen LogP contribution in [0.2, 0.25) is 0 Å². The summed E-state index contributed by atoms with van der Waals surface area (Å²) in [5.41, 5.74) is -0.808. The van der Waals surface area contributed by atoms with E-state index < -0.39 is 17.3 Å². The summed E-state index contributed by atoms with van der Waals surface area (Å²) >= 11 is 0. The zero-order valence-corrected chi connectivity index (χ0v) is 13.3. The van der Waals surface area contributed by atoms with Gasteiger partial charge in [0.1, 0.15) is 6.26 Å². The van der Waals surface area contributed by atoms with Gasteiger partial charge >= 0.3 is 6.18 Å². The molecule has 2 heterocycles. The van der Waals surface area contributed by atoms with Gasteiger partial charge in [0.2, 0.25) is 0 Å². The third-order valence-electron chi connectivity index (χ3n) is 4.46. The average Bonchev–Trinajstić information content (AvgIpc) is 2.94. The number of hydrogen-bond donors (Lipinski definition) is 1. The van der Waals surface area contributed by atoms with E-state index in [1.165, 1.54) is 6.07 Å². The van der Waals surface area contributed by atoms with E-state index in [1.54, 1.807) is 19.3 Å². The molecule has 7 heteroatoms. The van der Waals surface area contributed by atoms with Crippen LogP contribution in [0.15, 0.2) is 34.9 Å². The fraction of sp³-hybridized carbons (Fsp3) is 0.471. The molecular weight excluding hydrogens is 321 g/mol. The Morgan fingerprint density at radius 3 is 2.58 bits per heavy atom. The average molecular weight is 340 g/mol. The molecule has 1 N–H and O–H groups in total. The summed E-state index contributed by atoms with van der Waals surface area (Å²) in [4.78, 5) is 6.35. The van der Waals surface area contributed by atoms with Crippen LogP contribution in [0, 0.1) is 6.92 Å². The Morgan fingerprint density at radius 1 is 1.29 bits per heavy atom. The van der Waals surface area contributed by atoms with Gasteiger partial charge in [-0.3, -0.25) is 4.90 Å². The van der Waals surface area contributed by atoms with E-state index in [-0.39, 0.29) is 0 Å². The molecule has 0 bridgehead atoms. The van der Waals surface area contributed by atoms with Crippen LogP contribution in [-0.2, 0) is 18.3 Å². The molecule has 0 atom stereocenters. The number of aromatic nitrogens is 1. The van der Waals surface area contributed by atoms with Crippen LogP contribution in [-0.4, -0.2) is 28.1 Å². The summed E-state index contributed by atoms with van der Waals surface area (Å²) in [7, 11) is 0. The minimum Gasteiger partial charge on any atom is -0.449 e. The minimum atomic E-state index is -4.40. The topological polar surface area (TPSA) is 49.5 Å². The minimum absolute atomic E-state index is 0.328. The zero-order chi connectivity index (χ0) is 17.4. The molecule has 1 aromatic carbocycles. The van der Waals surface area contributed by atoms with Gasteiger partial charge in [-0.1, -0.05) is 12.1 Å². The van der Waals surface area contributed by atoms with Gasteiger partial charge in [0.25, 0.3) is 0 Å². The normalized spacial score (nSPS) is 18.7. The predicted molar refractivity (Wildman–Crippen MR) is 81.1 cm³/mol. The molecule has 2 aromatic rings. The van der Waals surface area contributed by atoms with Crippen LogP contribution in [0.25, 0.3) is 0 Å². The number of piperidine rings is 1. The van der Waals surface area contributed by atoms with Crippen LogP contribution in [0.5, 0.6) is 0 Å². The summed E-state index contributed by atoms with van der Waals surface area (Å²) in [5, 5.41) is 10.8. The summed E-state index contributed by atoms with van der Waals surface area (Å²) in [6, 6.07) is 4.98. The fourth-order valence-corrected chi connectivity index (χ4v) is 3.06. The van der Waals surface area contributed by atoms with Crippen molar-refractivity contribution in [3.63, 3.8) is 0 Å². The van der Waals surface area contributed by atoms with Crippen LogP contribution < -0.4 is 0 Å². The van der Waals surface area contributed by atoms with E-state index in [9.17, 15) is 18.3 Å². The number of halogens is 3. The lowest BCUT2D eigenvalue weighted by atomic mass is 9.83. The maximum absolute atomic E-state index is 12.9. The summed E-state index contributed by atoms with van der Waals surface area (Å²) < 4.78 is 43.7. The molecule has 1 aliphatic rings. The van der Waals surface area contributed by atoms with E-state index in [2.05, 4.69) is 9.88 Å². The molecule has 0 saturated carbocycles. The summed E-state index contributed by atoms with van der Waals surface area (Å²) in [6.07, 6.45) is -2.04. The Morgan fingerprint density at radius 2 is 2.00 bits per heavy atom. The lowest BCUT2D eigenvalue weighted by Gasteiger charge is -2.38. The largest absolute Gasteiger partial charge is 0.449 e. The highest BCUT2D eigenvalue weighted by atomic mass is 19.4. The molecule has 1 aromatic heterocycles. The number of nitrogens with zero attached hydrogens (tertiary/aromatic N) is 2. The van der Waals surface area contributed by atoms with Crippen molar-refractivity contribution < 1.29 is 22.7 Å². The van der Waals surface area contributed by atoms with E-state index in [4.69, 9.17) is 4.42 Å². The smallest absolute Gasteiger partial charge is 0.416 e. The number of hydrogen-bond acceptors (Lipinski definition) is 4. The van der Waals surface area contributed by atoms with E-state index in [1.807, 2.05) is 0 Å². The van der Waals surface area contributed by atoms with Gasteiger partial charge < -0.3 is 9.52 Å². The molecule has 3 rings (SSSR count). The Hall–Kier alpha value is -1.86. The van der Waals surface area contributed by atoms with Crippen molar-refractivity contribution in [2.75, 3.05) is 13.1 Å². The van der Waals surface area contributed by atoms with E-state index in [0.717, 1.165) is 17.8 Å². The summed E-state index contributed by atoms with van der Waals surface area (Å²) in [6.45, 7) is 3.54. The second kappa shape index (κ2) is 6.22. The number of aliphatic hydroxyl groups is 1. The van der Waals surface area contributed by atoms with Crippen molar-refractivity contribution in [2.24, 2.45) is 0 Å². The number of oxazole rings is 1. The lowest BCUT2D eigenvalue weighted by molar-refractivity contribution is -0.137. The first-order valence-corrected chi connectivity index (χ1v) is 7.80. The Labute approximate surface area is 137 Å². The third-order valence-corrected chi connectivity index (χ3v) is 4.46. The van der Waals surface area contributed by atoms with Crippen molar-refractivity contribution in [1.29, 1.82) is 0 Å². The van der Waals surface area contributed by atoms with Crippen LogP contribution in [0.1, 0.15) is 35.6 Å². The van der Waals surface area contributed by atoms with Gasteiger partial charge in [-0.25, -0.2) is 4.98 Å². The molecule has 24 heavy (non-hydrogen) atoms. The van der Waals surface area contributed by atoms with Gasteiger partial charge in [0.05, 0.1) is 16.9 Å². The lowest BCUT2D eigenvalue weighted by Crippen LogP contribution is -2.42. The number of likely N-dealkylation sites (tertiary alicyclic amines) is 1. The first-order chi connectivity index (χ1) is 11.3. The molecule has 130 valence electrons. The highest BCUT2D eigenvalue weighted by Gasteiger charge is 2.37. The highest BCUT2D eigenvalue weighted by Crippen LogP contribution is 2.36. The van der Waals surface area contributed by atoms with E-state index in [0.29, 0.717) is 43.9 Å². The SMILES string of the molecule is Cc1nc(CN2CCC(O)(c3cccc(C(F)(F)F)c3)CC2)co1.